The maximum absolute atomic E-state index is 5.81. The number of methoxy groups -OCH3 is 1. The molecule has 1 atom stereocenters. The molecule has 1 aliphatic heterocycles. The zero-order valence-electron chi connectivity index (χ0n) is 14.2. The van der Waals surface area contributed by atoms with Crippen molar-refractivity contribution in [2.45, 2.75) is 31.2 Å². The third kappa shape index (κ3) is 5.26. The number of hydrogen-bond acceptors (Lipinski definition) is 4. The van der Waals surface area contributed by atoms with Gasteiger partial charge < -0.3 is 9.47 Å². The molecule has 0 bridgehead atoms. The monoisotopic (exact) mass is 343 g/mol. The summed E-state index contributed by atoms with van der Waals surface area (Å²) in [7, 11) is 1.70. The molecule has 1 aliphatic rings. The van der Waals surface area contributed by atoms with Crippen molar-refractivity contribution in [3.8, 4) is 5.75 Å². The first-order valence-electron chi connectivity index (χ1n) is 8.50. The van der Waals surface area contributed by atoms with Gasteiger partial charge in [-0.1, -0.05) is 54.4 Å². The van der Waals surface area contributed by atoms with E-state index < -0.39 is 0 Å². The van der Waals surface area contributed by atoms with Gasteiger partial charge in [0, 0.05) is 24.9 Å². The largest absolute Gasteiger partial charge is 0.497 e. The molecule has 3 nitrogen and oxygen atoms in total. The first kappa shape index (κ1) is 17.3. The fourth-order valence-corrected chi connectivity index (χ4v) is 4.10. The minimum absolute atomic E-state index is 0.680. The Balaban J connectivity index is 1.34. The molecule has 24 heavy (non-hydrogen) atoms. The molecule has 0 radical (unpaired) electrons. The molecule has 1 fully saturated rings. The smallest absolute Gasteiger partial charge is 0.118 e. The van der Waals surface area contributed by atoms with Crippen molar-refractivity contribution >= 4 is 11.9 Å². The van der Waals surface area contributed by atoms with Crippen molar-refractivity contribution < 1.29 is 9.47 Å². The summed E-state index contributed by atoms with van der Waals surface area (Å²) >= 11 is 1.98. The Kier molecular flexibility index (Phi) is 6.58. The van der Waals surface area contributed by atoms with Crippen molar-refractivity contribution in [2.75, 3.05) is 20.3 Å². The van der Waals surface area contributed by atoms with Crippen LogP contribution in [0, 0.1) is 0 Å². The third-order valence-corrected chi connectivity index (χ3v) is 5.59. The van der Waals surface area contributed by atoms with E-state index in [0.717, 1.165) is 31.9 Å². The predicted octanol–water partition coefficient (Wildman–Crippen LogP) is 4.52. The van der Waals surface area contributed by atoms with E-state index in [4.69, 9.17) is 9.47 Å². The second kappa shape index (κ2) is 9.11. The van der Waals surface area contributed by atoms with Crippen molar-refractivity contribution in [3.63, 3.8) is 0 Å². The van der Waals surface area contributed by atoms with Crippen LogP contribution in [0.1, 0.15) is 24.0 Å². The molecule has 0 aliphatic carbocycles. The molecule has 3 rings (SSSR count). The molecule has 1 heterocycles. The van der Waals surface area contributed by atoms with Gasteiger partial charge in [0.2, 0.25) is 0 Å². The van der Waals surface area contributed by atoms with Gasteiger partial charge in [0.05, 0.1) is 13.7 Å². The minimum Gasteiger partial charge on any atom is -0.497 e. The third-order valence-electron chi connectivity index (χ3n) is 4.21. The molecule has 0 amide bonds. The van der Waals surface area contributed by atoms with Crippen LogP contribution in [0.25, 0.3) is 0 Å². The zero-order chi connectivity index (χ0) is 16.6. The quantitative estimate of drug-likeness (QED) is 0.519. The van der Waals surface area contributed by atoms with Crippen molar-refractivity contribution in [2.24, 2.45) is 0 Å². The maximum Gasteiger partial charge on any atom is 0.118 e. The minimum atomic E-state index is 0.680. The molecule has 0 spiro atoms. The van der Waals surface area contributed by atoms with Crippen LogP contribution in [0.3, 0.4) is 0 Å². The molecule has 2 aromatic carbocycles. The van der Waals surface area contributed by atoms with Crippen LogP contribution in [-0.4, -0.2) is 29.8 Å². The molecule has 1 unspecified atom stereocenters. The molecule has 0 aromatic heterocycles. The molecule has 4 heteroatoms. The second-order valence-electron chi connectivity index (χ2n) is 6.05. The Bertz CT molecular complexity index is 603. The lowest BCUT2D eigenvalue weighted by atomic mass is 10.2. The Labute approximate surface area is 149 Å². The van der Waals surface area contributed by atoms with Crippen molar-refractivity contribution in [1.29, 1.82) is 0 Å². The Morgan fingerprint density at radius 2 is 1.83 bits per heavy atom. The maximum atomic E-state index is 5.81. The number of rotatable bonds is 8. The molecular weight excluding hydrogens is 318 g/mol. The molecule has 128 valence electrons. The van der Waals surface area contributed by atoms with Crippen LogP contribution >= 0.6 is 11.9 Å². The summed E-state index contributed by atoms with van der Waals surface area (Å²) in [6.45, 7) is 3.70. The van der Waals surface area contributed by atoms with Crippen molar-refractivity contribution in [1.82, 2.24) is 4.31 Å². The van der Waals surface area contributed by atoms with Crippen LogP contribution in [-0.2, 0) is 17.9 Å². The van der Waals surface area contributed by atoms with E-state index in [0.29, 0.717) is 11.9 Å². The van der Waals surface area contributed by atoms with Gasteiger partial charge in [-0.05, 0) is 36.1 Å². The SMILES string of the molecule is COc1ccc(CN2CCC(CCOCc3ccccc3)S2)cc1. The lowest BCUT2D eigenvalue weighted by Crippen LogP contribution is -2.10. The lowest BCUT2D eigenvalue weighted by molar-refractivity contribution is 0.118. The predicted molar refractivity (Wildman–Crippen MR) is 100 cm³/mol. The van der Waals surface area contributed by atoms with Gasteiger partial charge in [-0.3, -0.25) is 0 Å². The fourth-order valence-electron chi connectivity index (χ4n) is 2.83. The average Bonchev–Trinajstić information content (AvgIpc) is 3.08. The Morgan fingerprint density at radius 3 is 2.58 bits per heavy atom. The van der Waals surface area contributed by atoms with Crippen LogP contribution in [0.15, 0.2) is 54.6 Å². The standard InChI is InChI=1S/C20H25NO2S/c1-22-19-9-7-17(8-10-19)15-21-13-11-20(24-21)12-14-23-16-18-5-3-2-4-6-18/h2-10,20H,11-16H2,1H3. The molecular formula is C20H25NO2S. The van der Waals surface area contributed by atoms with Crippen LogP contribution < -0.4 is 4.74 Å². The first-order valence-corrected chi connectivity index (χ1v) is 9.33. The summed E-state index contributed by atoms with van der Waals surface area (Å²) in [5, 5.41) is 0.680. The molecule has 0 N–H and O–H groups in total. The van der Waals surface area contributed by atoms with Gasteiger partial charge in [-0.2, -0.15) is 0 Å². The highest BCUT2D eigenvalue weighted by atomic mass is 32.2. The highest BCUT2D eigenvalue weighted by Gasteiger charge is 2.23. The second-order valence-corrected chi connectivity index (χ2v) is 7.45. The summed E-state index contributed by atoms with van der Waals surface area (Å²) in [6.07, 6.45) is 2.37. The number of benzene rings is 2. The van der Waals surface area contributed by atoms with Crippen LogP contribution in [0.2, 0.25) is 0 Å². The summed E-state index contributed by atoms with van der Waals surface area (Å²) < 4.78 is 13.5. The number of nitrogens with zero attached hydrogens (tertiary/aromatic N) is 1. The topological polar surface area (TPSA) is 21.7 Å². The number of hydrogen-bond donors (Lipinski definition) is 0. The van der Waals surface area contributed by atoms with Gasteiger partial charge in [0.25, 0.3) is 0 Å². The highest BCUT2D eigenvalue weighted by molar-refractivity contribution is 7.97. The van der Waals surface area contributed by atoms with Gasteiger partial charge in [0.1, 0.15) is 5.75 Å². The van der Waals surface area contributed by atoms with Gasteiger partial charge in [-0.25, -0.2) is 4.31 Å². The fraction of sp³-hybridized carbons (Fsp3) is 0.400. The van der Waals surface area contributed by atoms with E-state index >= 15 is 0 Å². The summed E-state index contributed by atoms with van der Waals surface area (Å²) in [6, 6.07) is 18.7. The Morgan fingerprint density at radius 1 is 1.04 bits per heavy atom. The van der Waals surface area contributed by atoms with Crippen LogP contribution in [0.4, 0.5) is 0 Å². The first-order chi connectivity index (χ1) is 11.8. The van der Waals surface area contributed by atoms with Gasteiger partial charge in [0.15, 0.2) is 0 Å². The van der Waals surface area contributed by atoms with Crippen molar-refractivity contribution in [3.05, 3.63) is 65.7 Å². The molecule has 1 saturated heterocycles. The Hall–Kier alpha value is -1.49. The number of ether oxygens (including phenoxy) is 2. The van der Waals surface area contributed by atoms with E-state index in [1.54, 1.807) is 7.11 Å². The summed E-state index contributed by atoms with van der Waals surface area (Å²) in [4.78, 5) is 0. The zero-order valence-corrected chi connectivity index (χ0v) is 15.0. The average molecular weight is 343 g/mol. The van der Waals surface area contributed by atoms with Gasteiger partial charge in [-0.15, -0.1) is 0 Å². The summed E-state index contributed by atoms with van der Waals surface area (Å²) in [5.74, 6) is 0.918. The highest BCUT2D eigenvalue weighted by Crippen LogP contribution is 2.32. The normalized spacial score (nSPS) is 18.0. The van der Waals surface area contributed by atoms with E-state index in [1.807, 2.05) is 30.1 Å². The molecule has 2 aromatic rings. The lowest BCUT2D eigenvalue weighted by Gasteiger charge is -2.15. The van der Waals surface area contributed by atoms with Gasteiger partial charge >= 0.3 is 0 Å². The van der Waals surface area contributed by atoms with E-state index in [9.17, 15) is 0 Å². The van der Waals surface area contributed by atoms with E-state index in [1.165, 1.54) is 17.5 Å². The van der Waals surface area contributed by atoms with Crippen LogP contribution in [0.5, 0.6) is 5.75 Å². The summed E-state index contributed by atoms with van der Waals surface area (Å²) in [5.41, 5.74) is 2.59. The van der Waals surface area contributed by atoms with E-state index in [2.05, 4.69) is 40.7 Å². The van der Waals surface area contributed by atoms with E-state index in [-0.39, 0.29) is 0 Å². The molecule has 0 saturated carbocycles.